The summed E-state index contributed by atoms with van der Waals surface area (Å²) in [5, 5.41) is 10.4. The fraction of sp³-hybridized carbons (Fsp3) is 0.231. The molecule has 0 radical (unpaired) electrons. The normalized spacial score (nSPS) is 12.5. The van der Waals surface area contributed by atoms with Crippen molar-refractivity contribution < 1.29 is 9.84 Å². The summed E-state index contributed by atoms with van der Waals surface area (Å²) in [6.07, 6.45) is -0.639. The average molecular weight is 471 g/mol. The van der Waals surface area contributed by atoms with Crippen LogP contribution >= 0.6 is 59.1 Å². The molecule has 0 amide bonds. The Kier molecular flexibility index (Phi) is 5.48. The maximum Gasteiger partial charge on any atom is 0.133 e. The van der Waals surface area contributed by atoms with Gasteiger partial charge >= 0.3 is 0 Å². The number of aliphatic hydroxyl groups excluding tert-OH is 1. The first-order chi connectivity index (χ1) is 9.02. The van der Waals surface area contributed by atoms with Gasteiger partial charge in [0, 0.05) is 9.35 Å². The van der Waals surface area contributed by atoms with Crippen molar-refractivity contribution in [3.05, 3.63) is 47.4 Å². The summed E-state index contributed by atoms with van der Waals surface area (Å²) in [7, 11) is 0. The monoisotopic (exact) mass is 468 g/mol. The van der Waals surface area contributed by atoms with Crippen molar-refractivity contribution in [3.63, 3.8) is 0 Å². The van der Waals surface area contributed by atoms with Crippen LogP contribution < -0.4 is 4.74 Å². The van der Waals surface area contributed by atoms with Gasteiger partial charge in [-0.15, -0.1) is 11.3 Å². The Bertz CT molecular complexity index is 564. The topological polar surface area (TPSA) is 29.5 Å². The lowest BCUT2D eigenvalue weighted by atomic mass is 10.1. The molecule has 0 aliphatic carbocycles. The Hall–Kier alpha value is 0.120. The molecule has 19 heavy (non-hydrogen) atoms. The minimum atomic E-state index is -0.639. The highest BCUT2D eigenvalue weighted by Crippen LogP contribution is 2.38. The summed E-state index contributed by atoms with van der Waals surface area (Å²) in [6, 6.07) is 7.55. The van der Waals surface area contributed by atoms with Crippen LogP contribution in [0.3, 0.4) is 0 Å². The first-order valence-corrected chi connectivity index (χ1v) is 8.77. The third-order valence-electron chi connectivity index (χ3n) is 2.51. The number of hydrogen-bond acceptors (Lipinski definition) is 3. The third kappa shape index (κ3) is 3.61. The van der Waals surface area contributed by atoms with Gasteiger partial charge in [-0.3, -0.25) is 0 Å². The first kappa shape index (κ1) is 15.5. The van der Waals surface area contributed by atoms with Gasteiger partial charge < -0.3 is 9.84 Å². The molecule has 1 unspecified atom stereocenters. The van der Waals surface area contributed by atoms with Crippen molar-refractivity contribution in [3.8, 4) is 5.75 Å². The second-order valence-corrected chi connectivity index (χ2v) is 7.91. The van der Waals surface area contributed by atoms with E-state index in [1.807, 2.05) is 31.2 Å². The predicted molar refractivity (Wildman–Crippen MR) is 89.1 cm³/mol. The molecular formula is C13H11Br3O2S. The molecule has 2 nitrogen and oxygen atoms in total. The summed E-state index contributed by atoms with van der Waals surface area (Å²) in [4.78, 5) is 0.884. The van der Waals surface area contributed by atoms with Gasteiger partial charge in [0.25, 0.3) is 0 Å². The van der Waals surface area contributed by atoms with Crippen molar-refractivity contribution in [2.75, 3.05) is 6.61 Å². The molecular weight excluding hydrogens is 460 g/mol. The van der Waals surface area contributed by atoms with E-state index >= 15 is 0 Å². The van der Waals surface area contributed by atoms with E-state index in [1.54, 1.807) is 0 Å². The molecule has 0 spiro atoms. The standard InChI is InChI=1S/C13H11Br3O2S/c1-2-18-10-4-3-7(5-8(10)14)12(17)11-6-9(15)13(16)19-11/h3-6,12,17H,2H2,1H3. The maximum absolute atomic E-state index is 10.4. The predicted octanol–water partition coefficient (Wildman–Crippen LogP) is 5.52. The van der Waals surface area contributed by atoms with Gasteiger partial charge in [-0.2, -0.15) is 0 Å². The summed E-state index contributed by atoms with van der Waals surface area (Å²) in [6.45, 7) is 2.56. The lowest BCUT2D eigenvalue weighted by molar-refractivity contribution is 0.224. The van der Waals surface area contributed by atoms with Gasteiger partial charge in [-0.25, -0.2) is 0 Å². The van der Waals surface area contributed by atoms with E-state index in [1.165, 1.54) is 11.3 Å². The fourth-order valence-electron chi connectivity index (χ4n) is 1.62. The molecule has 0 aliphatic rings. The van der Waals surface area contributed by atoms with Crippen LogP contribution in [0.15, 0.2) is 37.0 Å². The molecule has 102 valence electrons. The Morgan fingerprint density at radius 1 is 1.21 bits per heavy atom. The minimum absolute atomic E-state index is 0.616. The smallest absolute Gasteiger partial charge is 0.133 e. The van der Waals surface area contributed by atoms with E-state index in [2.05, 4.69) is 47.8 Å². The number of ether oxygens (including phenoxy) is 1. The van der Waals surface area contributed by atoms with Gasteiger partial charge in [-0.1, -0.05) is 6.07 Å². The van der Waals surface area contributed by atoms with E-state index in [9.17, 15) is 5.11 Å². The van der Waals surface area contributed by atoms with E-state index < -0.39 is 6.10 Å². The fourth-order valence-corrected chi connectivity index (χ4v) is 4.24. The van der Waals surface area contributed by atoms with E-state index in [-0.39, 0.29) is 0 Å². The SMILES string of the molecule is CCOc1ccc(C(O)c2cc(Br)c(Br)s2)cc1Br. The molecule has 2 rings (SSSR count). The highest BCUT2D eigenvalue weighted by Gasteiger charge is 2.16. The Morgan fingerprint density at radius 3 is 2.47 bits per heavy atom. The highest BCUT2D eigenvalue weighted by atomic mass is 79.9. The number of thiophene rings is 1. The van der Waals surface area contributed by atoms with Crippen LogP contribution in [-0.2, 0) is 0 Å². The lowest BCUT2D eigenvalue weighted by Crippen LogP contribution is -1.98. The van der Waals surface area contributed by atoms with Crippen LogP contribution in [0.2, 0.25) is 0 Å². The summed E-state index contributed by atoms with van der Waals surface area (Å²) < 4.78 is 8.24. The molecule has 1 heterocycles. The van der Waals surface area contributed by atoms with Crippen LogP contribution in [0.5, 0.6) is 5.75 Å². The summed E-state index contributed by atoms with van der Waals surface area (Å²) in [5.74, 6) is 0.784. The number of rotatable bonds is 4. The molecule has 1 atom stereocenters. The molecule has 0 saturated heterocycles. The molecule has 2 aromatic rings. The quantitative estimate of drug-likeness (QED) is 0.638. The summed E-state index contributed by atoms with van der Waals surface area (Å²) in [5.41, 5.74) is 0.830. The second-order valence-electron chi connectivity index (χ2n) is 3.80. The molecule has 0 fully saturated rings. The molecule has 1 N–H and O–H groups in total. The van der Waals surface area contributed by atoms with Crippen LogP contribution in [0, 0.1) is 0 Å². The third-order valence-corrected chi connectivity index (χ3v) is 6.43. The zero-order valence-corrected chi connectivity index (χ0v) is 15.6. The van der Waals surface area contributed by atoms with Gasteiger partial charge in [0.05, 0.1) is 14.9 Å². The number of aliphatic hydroxyl groups is 1. The Morgan fingerprint density at radius 2 is 1.95 bits per heavy atom. The van der Waals surface area contributed by atoms with Gasteiger partial charge in [0.1, 0.15) is 11.9 Å². The van der Waals surface area contributed by atoms with Crippen LogP contribution in [0.25, 0.3) is 0 Å². The minimum Gasteiger partial charge on any atom is -0.493 e. The van der Waals surface area contributed by atoms with Crippen molar-refractivity contribution in [2.45, 2.75) is 13.0 Å². The second kappa shape index (κ2) is 6.72. The van der Waals surface area contributed by atoms with Gasteiger partial charge in [0.15, 0.2) is 0 Å². The van der Waals surface area contributed by atoms with Gasteiger partial charge in [-0.05, 0) is 78.5 Å². The highest BCUT2D eigenvalue weighted by molar-refractivity contribution is 9.13. The molecule has 6 heteroatoms. The Balaban J connectivity index is 2.28. The van der Waals surface area contributed by atoms with E-state index in [0.29, 0.717) is 6.61 Å². The first-order valence-electron chi connectivity index (χ1n) is 5.58. The maximum atomic E-state index is 10.4. The van der Waals surface area contributed by atoms with Crippen molar-refractivity contribution in [1.82, 2.24) is 0 Å². The van der Waals surface area contributed by atoms with E-state index in [0.717, 1.165) is 28.9 Å². The molecule has 1 aromatic carbocycles. The number of hydrogen-bond donors (Lipinski definition) is 1. The van der Waals surface area contributed by atoms with Crippen LogP contribution in [-0.4, -0.2) is 11.7 Å². The van der Waals surface area contributed by atoms with Gasteiger partial charge in [0.2, 0.25) is 0 Å². The van der Waals surface area contributed by atoms with Crippen molar-refractivity contribution in [1.29, 1.82) is 0 Å². The summed E-state index contributed by atoms with van der Waals surface area (Å²) >= 11 is 11.8. The molecule has 0 saturated carbocycles. The Labute approximate surface area is 141 Å². The van der Waals surface area contributed by atoms with E-state index in [4.69, 9.17) is 4.74 Å². The number of benzene rings is 1. The van der Waals surface area contributed by atoms with Crippen LogP contribution in [0.4, 0.5) is 0 Å². The zero-order valence-electron chi connectivity index (χ0n) is 9.99. The van der Waals surface area contributed by atoms with Crippen molar-refractivity contribution in [2.24, 2.45) is 0 Å². The van der Waals surface area contributed by atoms with Crippen molar-refractivity contribution >= 4 is 59.1 Å². The zero-order chi connectivity index (χ0) is 14.0. The molecule has 1 aromatic heterocycles. The average Bonchev–Trinajstić information content (AvgIpc) is 2.71. The largest absolute Gasteiger partial charge is 0.493 e. The lowest BCUT2D eigenvalue weighted by Gasteiger charge is -2.12. The number of halogens is 3. The molecule has 0 aliphatic heterocycles. The van der Waals surface area contributed by atoms with Crippen LogP contribution in [0.1, 0.15) is 23.5 Å². The molecule has 0 bridgehead atoms.